The lowest BCUT2D eigenvalue weighted by Crippen LogP contribution is -2.30. The standard InChI is InChI=1S/C11H15NO3/c1-7-5-9(14)3-4-10(7)11(15)12-6-8(2)13/h3-5,8,13-14H,6H2,1-2H3,(H,12,15). The molecule has 1 amide bonds. The van der Waals surface area contributed by atoms with E-state index >= 15 is 0 Å². The number of aliphatic hydroxyl groups is 1. The van der Waals surface area contributed by atoms with Gasteiger partial charge in [0.1, 0.15) is 5.75 Å². The smallest absolute Gasteiger partial charge is 0.251 e. The first kappa shape index (κ1) is 11.5. The number of aryl methyl sites for hydroxylation is 1. The fraction of sp³-hybridized carbons (Fsp3) is 0.364. The molecule has 0 radical (unpaired) electrons. The maximum Gasteiger partial charge on any atom is 0.251 e. The van der Waals surface area contributed by atoms with Crippen LogP contribution in [0.25, 0.3) is 0 Å². The predicted octanol–water partition coefficient (Wildman–Crippen LogP) is 0.811. The molecule has 0 fully saturated rings. The molecule has 0 bridgehead atoms. The van der Waals surface area contributed by atoms with Gasteiger partial charge in [-0.15, -0.1) is 0 Å². The highest BCUT2D eigenvalue weighted by atomic mass is 16.3. The van der Waals surface area contributed by atoms with Gasteiger partial charge in [-0.2, -0.15) is 0 Å². The quantitative estimate of drug-likeness (QED) is 0.690. The number of hydrogen-bond acceptors (Lipinski definition) is 3. The molecule has 1 rings (SSSR count). The largest absolute Gasteiger partial charge is 0.508 e. The molecule has 0 spiro atoms. The van der Waals surface area contributed by atoms with E-state index in [1.807, 2.05) is 0 Å². The van der Waals surface area contributed by atoms with Crippen LogP contribution in [0, 0.1) is 6.92 Å². The summed E-state index contributed by atoms with van der Waals surface area (Å²) in [5.74, 6) is -0.104. The van der Waals surface area contributed by atoms with Gasteiger partial charge in [0.25, 0.3) is 5.91 Å². The summed E-state index contributed by atoms with van der Waals surface area (Å²) in [7, 11) is 0. The van der Waals surface area contributed by atoms with E-state index in [0.29, 0.717) is 11.1 Å². The van der Waals surface area contributed by atoms with E-state index < -0.39 is 6.10 Å². The van der Waals surface area contributed by atoms with Crippen LogP contribution in [0.1, 0.15) is 22.8 Å². The molecule has 15 heavy (non-hydrogen) atoms. The molecule has 3 N–H and O–H groups in total. The Morgan fingerprint density at radius 2 is 2.20 bits per heavy atom. The Hall–Kier alpha value is -1.55. The number of rotatable bonds is 3. The average Bonchev–Trinajstić information content (AvgIpc) is 2.14. The van der Waals surface area contributed by atoms with Gasteiger partial charge < -0.3 is 15.5 Å². The number of nitrogens with one attached hydrogen (secondary N) is 1. The molecule has 0 saturated carbocycles. The molecule has 1 aromatic rings. The molecule has 1 atom stereocenters. The van der Waals surface area contributed by atoms with Crippen LogP contribution in [0.5, 0.6) is 5.75 Å². The van der Waals surface area contributed by atoms with Crippen LogP contribution in [-0.2, 0) is 0 Å². The van der Waals surface area contributed by atoms with Gasteiger partial charge in [0.05, 0.1) is 6.10 Å². The fourth-order valence-corrected chi connectivity index (χ4v) is 1.24. The third-order valence-electron chi connectivity index (χ3n) is 2.01. The first-order valence-corrected chi connectivity index (χ1v) is 4.76. The summed E-state index contributed by atoms with van der Waals surface area (Å²) in [5, 5.41) is 20.8. The van der Waals surface area contributed by atoms with E-state index in [9.17, 15) is 4.79 Å². The molecule has 0 saturated heterocycles. The third kappa shape index (κ3) is 3.25. The number of aliphatic hydroxyl groups excluding tert-OH is 1. The monoisotopic (exact) mass is 209 g/mol. The summed E-state index contributed by atoms with van der Waals surface area (Å²) >= 11 is 0. The van der Waals surface area contributed by atoms with E-state index in [4.69, 9.17) is 10.2 Å². The van der Waals surface area contributed by atoms with Gasteiger partial charge >= 0.3 is 0 Å². The van der Waals surface area contributed by atoms with Gasteiger partial charge in [0.2, 0.25) is 0 Å². The van der Waals surface area contributed by atoms with Crippen LogP contribution in [0.3, 0.4) is 0 Å². The zero-order valence-electron chi connectivity index (χ0n) is 8.82. The summed E-state index contributed by atoms with van der Waals surface area (Å²) in [6, 6.07) is 4.55. The average molecular weight is 209 g/mol. The molecule has 1 aromatic carbocycles. The van der Waals surface area contributed by atoms with E-state index in [1.165, 1.54) is 12.1 Å². The number of benzene rings is 1. The van der Waals surface area contributed by atoms with Crippen molar-refractivity contribution in [3.8, 4) is 5.75 Å². The van der Waals surface area contributed by atoms with E-state index in [0.717, 1.165) is 0 Å². The molecular weight excluding hydrogens is 194 g/mol. The Morgan fingerprint density at radius 3 is 2.73 bits per heavy atom. The summed E-state index contributed by atoms with van der Waals surface area (Å²) in [6.45, 7) is 3.57. The highest BCUT2D eigenvalue weighted by Crippen LogP contribution is 2.15. The van der Waals surface area contributed by atoms with Crippen molar-refractivity contribution >= 4 is 5.91 Å². The Morgan fingerprint density at radius 1 is 1.53 bits per heavy atom. The zero-order valence-corrected chi connectivity index (χ0v) is 8.82. The lowest BCUT2D eigenvalue weighted by Gasteiger charge is -2.09. The van der Waals surface area contributed by atoms with Crippen LogP contribution < -0.4 is 5.32 Å². The summed E-state index contributed by atoms with van der Waals surface area (Å²) in [4.78, 5) is 11.6. The second kappa shape index (κ2) is 4.79. The molecular formula is C11H15NO3. The SMILES string of the molecule is Cc1cc(O)ccc1C(=O)NCC(C)O. The van der Waals surface area contributed by atoms with Crippen molar-refractivity contribution in [1.29, 1.82) is 0 Å². The van der Waals surface area contributed by atoms with Crippen molar-refractivity contribution in [2.75, 3.05) is 6.54 Å². The molecule has 1 unspecified atom stereocenters. The second-order valence-electron chi connectivity index (χ2n) is 3.56. The van der Waals surface area contributed by atoms with E-state index in [1.54, 1.807) is 19.9 Å². The minimum atomic E-state index is -0.564. The fourth-order valence-electron chi connectivity index (χ4n) is 1.24. The van der Waals surface area contributed by atoms with Gasteiger partial charge in [-0.25, -0.2) is 0 Å². The van der Waals surface area contributed by atoms with E-state index in [2.05, 4.69) is 5.32 Å². The number of carbonyl (C=O) groups is 1. The van der Waals surface area contributed by atoms with Crippen LogP contribution >= 0.6 is 0 Å². The maximum atomic E-state index is 11.6. The number of phenols is 1. The molecule has 0 aliphatic rings. The number of phenolic OH excluding ortho intramolecular Hbond substituents is 1. The highest BCUT2D eigenvalue weighted by molar-refractivity contribution is 5.95. The number of carbonyl (C=O) groups excluding carboxylic acids is 1. The molecule has 0 aliphatic carbocycles. The van der Waals surface area contributed by atoms with Crippen molar-refractivity contribution in [2.24, 2.45) is 0 Å². The first-order chi connectivity index (χ1) is 7.00. The van der Waals surface area contributed by atoms with Crippen LogP contribution in [-0.4, -0.2) is 28.8 Å². The number of hydrogen-bond donors (Lipinski definition) is 3. The summed E-state index contributed by atoms with van der Waals surface area (Å²) in [5.41, 5.74) is 1.21. The van der Waals surface area contributed by atoms with Crippen LogP contribution in [0.15, 0.2) is 18.2 Å². The first-order valence-electron chi connectivity index (χ1n) is 4.76. The van der Waals surface area contributed by atoms with Crippen molar-refractivity contribution in [2.45, 2.75) is 20.0 Å². The summed E-state index contributed by atoms with van der Waals surface area (Å²) in [6.07, 6.45) is -0.564. The molecule has 4 nitrogen and oxygen atoms in total. The zero-order chi connectivity index (χ0) is 11.4. The Bertz CT molecular complexity index is 361. The van der Waals surface area contributed by atoms with E-state index in [-0.39, 0.29) is 18.2 Å². The predicted molar refractivity (Wildman–Crippen MR) is 56.9 cm³/mol. The molecule has 4 heteroatoms. The summed E-state index contributed by atoms with van der Waals surface area (Å²) < 4.78 is 0. The number of amides is 1. The molecule has 82 valence electrons. The van der Waals surface area contributed by atoms with Crippen molar-refractivity contribution < 1.29 is 15.0 Å². The van der Waals surface area contributed by atoms with Gasteiger partial charge in [-0.1, -0.05) is 0 Å². The van der Waals surface area contributed by atoms with Gasteiger partial charge in [0.15, 0.2) is 0 Å². The molecule has 0 heterocycles. The topological polar surface area (TPSA) is 69.6 Å². The molecule has 0 aliphatic heterocycles. The van der Waals surface area contributed by atoms with Gasteiger partial charge in [-0.05, 0) is 37.6 Å². The lowest BCUT2D eigenvalue weighted by atomic mass is 10.1. The molecule has 0 aromatic heterocycles. The third-order valence-corrected chi connectivity index (χ3v) is 2.01. The minimum absolute atomic E-state index is 0.138. The van der Waals surface area contributed by atoms with Crippen molar-refractivity contribution in [1.82, 2.24) is 5.32 Å². The van der Waals surface area contributed by atoms with Crippen molar-refractivity contribution in [3.63, 3.8) is 0 Å². The maximum absolute atomic E-state index is 11.6. The van der Waals surface area contributed by atoms with Crippen LogP contribution in [0.2, 0.25) is 0 Å². The van der Waals surface area contributed by atoms with Gasteiger partial charge in [-0.3, -0.25) is 4.79 Å². The van der Waals surface area contributed by atoms with Gasteiger partial charge in [0, 0.05) is 12.1 Å². The normalized spacial score (nSPS) is 12.2. The highest BCUT2D eigenvalue weighted by Gasteiger charge is 2.09. The Balaban J connectivity index is 2.74. The Kier molecular flexibility index (Phi) is 3.68. The minimum Gasteiger partial charge on any atom is -0.508 e. The van der Waals surface area contributed by atoms with Crippen LogP contribution in [0.4, 0.5) is 0 Å². The second-order valence-corrected chi connectivity index (χ2v) is 3.56. The Labute approximate surface area is 88.6 Å². The lowest BCUT2D eigenvalue weighted by molar-refractivity contribution is 0.0923. The number of aromatic hydroxyl groups is 1. The van der Waals surface area contributed by atoms with Crippen molar-refractivity contribution in [3.05, 3.63) is 29.3 Å².